The highest BCUT2D eigenvalue weighted by Gasteiger charge is 2.05. The molecule has 0 saturated heterocycles. The van der Waals surface area contributed by atoms with Crippen LogP contribution in [-0.4, -0.2) is 25.5 Å². The van der Waals surface area contributed by atoms with Gasteiger partial charge in [0.05, 0.1) is 7.11 Å². The lowest BCUT2D eigenvalue weighted by Gasteiger charge is -2.08. The van der Waals surface area contributed by atoms with E-state index in [0.29, 0.717) is 17.9 Å². The van der Waals surface area contributed by atoms with Crippen LogP contribution in [-0.2, 0) is 11.3 Å². The van der Waals surface area contributed by atoms with Gasteiger partial charge in [0.15, 0.2) is 6.61 Å². The van der Waals surface area contributed by atoms with Crippen molar-refractivity contribution in [1.82, 2.24) is 5.32 Å². The fraction of sp³-hybridized carbons (Fsp3) is 0.176. The molecule has 0 atom stereocenters. The molecule has 2 aromatic carbocycles. The molecule has 3 N–H and O–H groups in total. The zero-order chi connectivity index (χ0) is 16.7. The number of ether oxygens (including phenoxy) is 2. The SMILES string of the molecule is COc1ccc(OCC(=O)NCc2cccc(C(N)=O)c2)cc1. The van der Waals surface area contributed by atoms with Crippen molar-refractivity contribution in [2.45, 2.75) is 6.54 Å². The zero-order valence-electron chi connectivity index (χ0n) is 12.7. The molecule has 0 aromatic heterocycles. The standard InChI is InChI=1S/C17H18N2O4/c1-22-14-5-7-15(8-6-14)23-11-16(20)19-10-12-3-2-4-13(9-12)17(18)21/h2-9H,10-11H2,1H3,(H2,18,21)(H,19,20). The molecule has 0 heterocycles. The molecule has 2 amide bonds. The van der Waals surface area contributed by atoms with Crippen molar-refractivity contribution in [2.24, 2.45) is 5.73 Å². The summed E-state index contributed by atoms with van der Waals surface area (Å²) >= 11 is 0. The second kappa shape index (κ2) is 7.84. The van der Waals surface area contributed by atoms with Gasteiger partial charge < -0.3 is 20.5 Å². The zero-order valence-corrected chi connectivity index (χ0v) is 12.7. The molecule has 23 heavy (non-hydrogen) atoms. The average molecular weight is 314 g/mol. The number of carbonyl (C=O) groups excluding carboxylic acids is 2. The summed E-state index contributed by atoms with van der Waals surface area (Å²) in [6.07, 6.45) is 0. The van der Waals surface area contributed by atoms with Gasteiger partial charge in [0, 0.05) is 12.1 Å². The van der Waals surface area contributed by atoms with Crippen molar-refractivity contribution in [3.8, 4) is 11.5 Å². The summed E-state index contributed by atoms with van der Waals surface area (Å²) in [6.45, 7) is 0.202. The first-order chi connectivity index (χ1) is 11.1. The Morgan fingerprint density at radius 3 is 2.43 bits per heavy atom. The summed E-state index contributed by atoms with van der Waals surface area (Å²) in [5.41, 5.74) is 6.42. The number of benzene rings is 2. The Bertz CT molecular complexity index is 683. The third-order valence-corrected chi connectivity index (χ3v) is 3.13. The number of nitrogens with one attached hydrogen (secondary N) is 1. The lowest BCUT2D eigenvalue weighted by molar-refractivity contribution is -0.123. The van der Waals surface area contributed by atoms with Gasteiger partial charge in [-0.3, -0.25) is 9.59 Å². The quantitative estimate of drug-likeness (QED) is 0.810. The van der Waals surface area contributed by atoms with Crippen molar-refractivity contribution in [3.05, 3.63) is 59.7 Å². The molecule has 0 aliphatic heterocycles. The Labute approximate surface area is 134 Å². The second-order valence-electron chi connectivity index (χ2n) is 4.81. The number of hydrogen-bond donors (Lipinski definition) is 2. The number of nitrogens with two attached hydrogens (primary N) is 1. The van der Waals surface area contributed by atoms with Gasteiger partial charge in [-0.05, 0) is 42.0 Å². The van der Waals surface area contributed by atoms with E-state index in [-0.39, 0.29) is 12.5 Å². The number of hydrogen-bond acceptors (Lipinski definition) is 4. The molecule has 0 aliphatic carbocycles. The lowest BCUT2D eigenvalue weighted by Crippen LogP contribution is -2.28. The van der Waals surface area contributed by atoms with E-state index < -0.39 is 5.91 Å². The topological polar surface area (TPSA) is 90.7 Å². The Morgan fingerprint density at radius 1 is 1.09 bits per heavy atom. The van der Waals surface area contributed by atoms with Crippen LogP contribution in [0.15, 0.2) is 48.5 Å². The Morgan fingerprint density at radius 2 is 1.78 bits per heavy atom. The largest absolute Gasteiger partial charge is 0.497 e. The van der Waals surface area contributed by atoms with E-state index in [9.17, 15) is 9.59 Å². The molecule has 0 unspecified atom stereocenters. The predicted octanol–water partition coefficient (Wildman–Crippen LogP) is 1.49. The fourth-order valence-corrected chi connectivity index (χ4v) is 1.91. The van der Waals surface area contributed by atoms with Crippen LogP contribution < -0.4 is 20.5 Å². The second-order valence-corrected chi connectivity index (χ2v) is 4.81. The first kappa shape index (κ1) is 16.4. The number of amides is 2. The first-order valence-corrected chi connectivity index (χ1v) is 7.01. The van der Waals surface area contributed by atoms with Crippen LogP contribution in [0.5, 0.6) is 11.5 Å². The normalized spacial score (nSPS) is 9.96. The number of rotatable bonds is 7. The van der Waals surface area contributed by atoms with Gasteiger partial charge in [0.2, 0.25) is 5.91 Å². The smallest absolute Gasteiger partial charge is 0.258 e. The minimum atomic E-state index is -0.499. The molecule has 6 nitrogen and oxygen atoms in total. The third-order valence-electron chi connectivity index (χ3n) is 3.13. The van der Waals surface area contributed by atoms with E-state index in [1.165, 1.54) is 0 Å². The van der Waals surface area contributed by atoms with Crippen molar-refractivity contribution >= 4 is 11.8 Å². The van der Waals surface area contributed by atoms with Crippen molar-refractivity contribution in [2.75, 3.05) is 13.7 Å². The molecule has 0 fully saturated rings. The summed E-state index contributed by atoms with van der Waals surface area (Å²) in [5, 5.41) is 2.72. The molecular formula is C17H18N2O4. The monoisotopic (exact) mass is 314 g/mol. The van der Waals surface area contributed by atoms with Gasteiger partial charge >= 0.3 is 0 Å². The highest BCUT2D eigenvalue weighted by molar-refractivity contribution is 5.92. The summed E-state index contributed by atoms with van der Waals surface area (Å²) in [7, 11) is 1.58. The van der Waals surface area contributed by atoms with Gasteiger partial charge in [-0.25, -0.2) is 0 Å². The number of primary amides is 1. The van der Waals surface area contributed by atoms with Crippen LogP contribution in [0.3, 0.4) is 0 Å². The molecule has 6 heteroatoms. The van der Waals surface area contributed by atoms with Crippen LogP contribution in [0, 0.1) is 0 Å². The van der Waals surface area contributed by atoms with Crippen LogP contribution in [0.1, 0.15) is 15.9 Å². The van der Waals surface area contributed by atoms with E-state index in [1.54, 1.807) is 55.6 Å². The molecule has 2 aromatic rings. The molecule has 0 bridgehead atoms. The van der Waals surface area contributed by atoms with Gasteiger partial charge in [0.25, 0.3) is 5.91 Å². The Hall–Kier alpha value is -3.02. The molecule has 0 saturated carbocycles. The maximum atomic E-state index is 11.8. The molecule has 0 radical (unpaired) electrons. The van der Waals surface area contributed by atoms with Crippen LogP contribution in [0.4, 0.5) is 0 Å². The van der Waals surface area contributed by atoms with Gasteiger partial charge in [-0.1, -0.05) is 12.1 Å². The maximum Gasteiger partial charge on any atom is 0.258 e. The number of carbonyl (C=O) groups is 2. The fourth-order valence-electron chi connectivity index (χ4n) is 1.91. The highest BCUT2D eigenvalue weighted by Crippen LogP contribution is 2.16. The van der Waals surface area contributed by atoms with Crippen LogP contribution in [0.2, 0.25) is 0 Å². The van der Waals surface area contributed by atoms with Gasteiger partial charge in [0.1, 0.15) is 11.5 Å². The van der Waals surface area contributed by atoms with Crippen molar-refractivity contribution < 1.29 is 19.1 Å². The van der Waals surface area contributed by atoms with Crippen LogP contribution in [0.25, 0.3) is 0 Å². The van der Waals surface area contributed by atoms with E-state index in [1.807, 2.05) is 0 Å². The molecule has 120 valence electrons. The van der Waals surface area contributed by atoms with Crippen molar-refractivity contribution in [3.63, 3.8) is 0 Å². The minimum absolute atomic E-state index is 0.0954. The van der Waals surface area contributed by atoms with Gasteiger partial charge in [-0.15, -0.1) is 0 Å². The van der Waals surface area contributed by atoms with Crippen molar-refractivity contribution in [1.29, 1.82) is 0 Å². The highest BCUT2D eigenvalue weighted by atomic mass is 16.5. The summed E-state index contributed by atoms with van der Waals surface area (Å²) < 4.78 is 10.4. The molecular weight excluding hydrogens is 296 g/mol. The summed E-state index contributed by atoms with van der Waals surface area (Å²) in [6, 6.07) is 13.7. The molecule has 2 rings (SSSR count). The Balaban J connectivity index is 1.80. The average Bonchev–Trinajstić information content (AvgIpc) is 2.58. The maximum absolute atomic E-state index is 11.8. The molecule has 0 aliphatic rings. The Kier molecular flexibility index (Phi) is 5.57. The van der Waals surface area contributed by atoms with E-state index in [2.05, 4.69) is 5.32 Å². The summed E-state index contributed by atoms with van der Waals surface area (Å²) in [4.78, 5) is 22.9. The van der Waals surface area contributed by atoms with E-state index >= 15 is 0 Å². The minimum Gasteiger partial charge on any atom is -0.497 e. The molecule has 0 spiro atoms. The third kappa shape index (κ3) is 5.03. The summed E-state index contributed by atoms with van der Waals surface area (Å²) in [5.74, 6) is 0.541. The van der Waals surface area contributed by atoms with E-state index in [4.69, 9.17) is 15.2 Å². The predicted molar refractivity (Wildman–Crippen MR) is 85.3 cm³/mol. The van der Waals surface area contributed by atoms with E-state index in [0.717, 1.165) is 11.3 Å². The lowest BCUT2D eigenvalue weighted by atomic mass is 10.1. The first-order valence-electron chi connectivity index (χ1n) is 7.01. The van der Waals surface area contributed by atoms with Gasteiger partial charge in [-0.2, -0.15) is 0 Å². The van der Waals surface area contributed by atoms with Crippen LogP contribution >= 0.6 is 0 Å². The number of methoxy groups -OCH3 is 1.